The van der Waals surface area contributed by atoms with Gasteiger partial charge in [-0.1, -0.05) is 13.8 Å². The molecule has 1 aliphatic heterocycles. The molecule has 1 N–H and O–H groups in total. The molecule has 1 aromatic rings. The highest BCUT2D eigenvalue weighted by Crippen LogP contribution is 2.28. The Bertz CT molecular complexity index is 292. The van der Waals surface area contributed by atoms with Gasteiger partial charge in [0, 0.05) is 18.0 Å². The summed E-state index contributed by atoms with van der Waals surface area (Å²) >= 11 is 0. The van der Waals surface area contributed by atoms with Crippen molar-refractivity contribution in [2.75, 3.05) is 19.8 Å². The van der Waals surface area contributed by atoms with E-state index in [4.69, 9.17) is 4.74 Å². The Labute approximate surface area is 89.8 Å². The van der Waals surface area contributed by atoms with E-state index in [1.54, 1.807) is 12.7 Å². The predicted octanol–water partition coefficient (Wildman–Crippen LogP) is 0.293. The second-order valence-corrected chi connectivity index (χ2v) is 4.62. The van der Waals surface area contributed by atoms with Crippen molar-refractivity contribution in [3.05, 3.63) is 12.7 Å². The van der Waals surface area contributed by atoms with Crippen molar-refractivity contribution in [2.45, 2.75) is 26.4 Å². The van der Waals surface area contributed by atoms with Crippen LogP contribution < -0.4 is 5.32 Å². The van der Waals surface area contributed by atoms with E-state index >= 15 is 0 Å². The minimum Gasteiger partial charge on any atom is -0.380 e. The largest absolute Gasteiger partial charge is 0.380 e. The Kier molecular flexibility index (Phi) is 3.02. The SMILES string of the molecule is CC(C)NCC1(Cn2cncn2)COC1. The van der Waals surface area contributed by atoms with Crippen molar-refractivity contribution < 1.29 is 4.74 Å². The van der Waals surface area contributed by atoms with Gasteiger partial charge in [-0.15, -0.1) is 0 Å². The highest BCUT2D eigenvalue weighted by Gasteiger charge is 2.39. The quantitative estimate of drug-likeness (QED) is 0.759. The van der Waals surface area contributed by atoms with E-state index < -0.39 is 0 Å². The summed E-state index contributed by atoms with van der Waals surface area (Å²) in [6, 6.07) is 0.512. The molecule has 15 heavy (non-hydrogen) atoms. The maximum atomic E-state index is 5.32. The second-order valence-electron chi connectivity index (χ2n) is 4.62. The molecule has 0 aromatic carbocycles. The van der Waals surface area contributed by atoms with E-state index in [0.29, 0.717) is 6.04 Å². The molecule has 84 valence electrons. The lowest BCUT2D eigenvalue weighted by atomic mass is 9.85. The zero-order chi connectivity index (χ0) is 10.7. The lowest BCUT2D eigenvalue weighted by Gasteiger charge is -2.41. The van der Waals surface area contributed by atoms with Gasteiger partial charge in [-0.2, -0.15) is 5.10 Å². The van der Waals surface area contributed by atoms with E-state index in [1.807, 2.05) is 4.68 Å². The van der Waals surface area contributed by atoms with Crippen molar-refractivity contribution in [1.82, 2.24) is 20.1 Å². The summed E-state index contributed by atoms with van der Waals surface area (Å²) in [5.41, 5.74) is 0.206. The molecule has 0 aliphatic carbocycles. The molecule has 0 radical (unpaired) electrons. The number of nitrogens with one attached hydrogen (secondary N) is 1. The summed E-state index contributed by atoms with van der Waals surface area (Å²) < 4.78 is 7.20. The molecule has 2 rings (SSSR count). The minimum atomic E-state index is 0.206. The van der Waals surface area contributed by atoms with Crippen molar-refractivity contribution in [2.24, 2.45) is 5.41 Å². The fourth-order valence-electron chi connectivity index (χ4n) is 1.72. The number of hydrogen-bond acceptors (Lipinski definition) is 4. The predicted molar refractivity (Wildman–Crippen MR) is 56.4 cm³/mol. The first kappa shape index (κ1) is 10.6. The minimum absolute atomic E-state index is 0.206. The van der Waals surface area contributed by atoms with Crippen molar-refractivity contribution in [3.8, 4) is 0 Å². The Morgan fingerprint density at radius 1 is 1.53 bits per heavy atom. The molecule has 1 aliphatic rings. The molecule has 1 saturated heterocycles. The van der Waals surface area contributed by atoms with Gasteiger partial charge in [0.25, 0.3) is 0 Å². The van der Waals surface area contributed by atoms with Crippen LogP contribution in [0.2, 0.25) is 0 Å². The van der Waals surface area contributed by atoms with Crippen LogP contribution in [0.3, 0.4) is 0 Å². The third-order valence-corrected chi connectivity index (χ3v) is 2.67. The highest BCUT2D eigenvalue weighted by molar-refractivity contribution is 4.88. The van der Waals surface area contributed by atoms with Gasteiger partial charge in [0.05, 0.1) is 19.8 Å². The van der Waals surface area contributed by atoms with Crippen molar-refractivity contribution >= 4 is 0 Å². The highest BCUT2D eigenvalue weighted by atomic mass is 16.5. The molecule has 5 heteroatoms. The smallest absolute Gasteiger partial charge is 0.137 e. The van der Waals surface area contributed by atoms with Gasteiger partial charge < -0.3 is 10.1 Å². The normalized spacial score (nSPS) is 19.1. The van der Waals surface area contributed by atoms with Gasteiger partial charge in [-0.25, -0.2) is 4.98 Å². The van der Waals surface area contributed by atoms with E-state index in [1.165, 1.54) is 0 Å². The maximum absolute atomic E-state index is 5.32. The fourth-order valence-corrected chi connectivity index (χ4v) is 1.72. The van der Waals surface area contributed by atoms with Gasteiger partial charge >= 0.3 is 0 Å². The van der Waals surface area contributed by atoms with Gasteiger partial charge in [0.15, 0.2) is 0 Å². The fraction of sp³-hybridized carbons (Fsp3) is 0.800. The Hall–Kier alpha value is -0.940. The topological polar surface area (TPSA) is 52.0 Å². The molecule has 0 atom stereocenters. The van der Waals surface area contributed by atoms with Crippen LogP contribution in [0.1, 0.15) is 13.8 Å². The summed E-state index contributed by atoms with van der Waals surface area (Å²) in [7, 11) is 0. The molecular formula is C10H18N4O. The monoisotopic (exact) mass is 210 g/mol. The third-order valence-electron chi connectivity index (χ3n) is 2.67. The summed E-state index contributed by atoms with van der Waals surface area (Å²) in [6.45, 7) is 7.79. The van der Waals surface area contributed by atoms with Gasteiger partial charge in [0.1, 0.15) is 12.7 Å². The molecule has 5 nitrogen and oxygen atoms in total. The Morgan fingerprint density at radius 2 is 2.33 bits per heavy atom. The van der Waals surface area contributed by atoms with Crippen LogP contribution in [0.25, 0.3) is 0 Å². The number of rotatable bonds is 5. The Balaban J connectivity index is 1.90. The van der Waals surface area contributed by atoms with Crippen LogP contribution in [0.4, 0.5) is 0 Å². The Morgan fingerprint density at radius 3 is 2.80 bits per heavy atom. The molecule has 2 heterocycles. The molecule has 0 amide bonds. The van der Waals surface area contributed by atoms with E-state index in [2.05, 4.69) is 29.2 Å². The second kappa shape index (κ2) is 4.28. The molecule has 1 fully saturated rings. The van der Waals surface area contributed by atoms with Gasteiger partial charge in [0.2, 0.25) is 0 Å². The number of hydrogen-bond donors (Lipinski definition) is 1. The molecule has 0 spiro atoms. The molecule has 1 aromatic heterocycles. The van der Waals surface area contributed by atoms with Crippen LogP contribution in [-0.2, 0) is 11.3 Å². The maximum Gasteiger partial charge on any atom is 0.137 e. The number of aromatic nitrogens is 3. The molecular weight excluding hydrogens is 192 g/mol. The zero-order valence-corrected chi connectivity index (χ0v) is 9.31. The van der Waals surface area contributed by atoms with Crippen molar-refractivity contribution in [3.63, 3.8) is 0 Å². The molecule has 0 bridgehead atoms. The average Bonchev–Trinajstić information content (AvgIpc) is 2.61. The van der Waals surface area contributed by atoms with E-state index in [9.17, 15) is 0 Å². The molecule has 0 saturated carbocycles. The van der Waals surface area contributed by atoms with Gasteiger partial charge in [-0.3, -0.25) is 4.68 Å². The standard InChI is InChI=1S/C10H18N4O/c1-9(2)12-3-10(5-15-6-10)4-14-8-11-7-13-14/h7-9,12H,3-6H2,1-2H3. The first-order chi connectivity index (χ1) is 7.20. The third kappa shape index (κ3) is 2.54. The zero-order valence-electron chi connectivity index (χ0n) is 9.31. The van der Waals surface area contributed by atoms with E-state index in [-0.39, 0.29) is 5.41 Å². The summed E-state index contributed by atoms with van der Waals surface area (Å²) in [4.78, 5) is 3.95. The first-order valence-electron chi connectivity index (χ1n) is 5.34. The summed E-state index contributed by atoms with van der Waals surface area (Å²) in [6.07, 6.45) is 3.33. The number of nitrogens with zero attached hydrogens (tertiary/aromatic N) is 3. The summed E-state index contributed by atoms with van der Waals surface area (Å²) in [5, 5.41) is 7.59. The lowest BCUT2D eigenvalue weighted by Crippen LogP contribution is -2.53. The van der Waals surface area contributed by atoms with Crippen LogP contribution in [-0.4, -0.2) is 40.6 Å². The summed E-state index contributed by atoms with van der Waals surface area (Å²) in [5.74, 6) is 0. The average molecular weight is 210 g/mol. The van der Waals surface area contributed by atoms with Crippen LogP contribution in [0.5, 0.6) is 0 Å². The van der Waals surface area contributed by atoms with Crippen LogP contribution in [0, 0.1) is 5.41 Å². The number of ether oxygens (including phenoxy) is 1. The van der Waals surface area contributed by atoms with Crippen LogP contribution >= 0.6 is 0 Å². The van der Waals surface area contributed by atoms with Gasteiger partial charge in [-0.05, 0) is 0 Å². The van der Waals surface area contributed by atoms with Crippen LogP contribution in [0.15, 0.2) is 12.7 Å². The molecule has 0 unspecified atom stereocenters. The lowest BCUT2D eigenvalue weighted by molar-refractivity contribution is -0.122. The van der Waals surface area contributed by atoms with Crippen molar-refractivity contribution in [1.29, 1.82) is 0 Å². The first-order valence-corrected chi connectivity index (χ1v) is 5.34. The van der Waals surface area contributed by atoms with E-state index in [0.717, 1.165) is 26.3 Å².